The summed E-state index contributed by atoms with van der Waals surface area (Å²) in [5, 5.41) is 0. The molecule has 0 aliphatic heterocycles. The summed E-state index contributed by atoms with van der Waals surface area (Å²) in [6, 6.07) is 0.511. The fraction of sp³-hybridized carbons (Fsp3) is 0.923. The highest BCUT2D eigenvalue weighted by atomic mass is 16.5. The van der Waals surface area contributed by atoms with E-state index in [1.165, 1.54) is 0 Å². The molecule has 0 bridgehead atoms. The second-order valence-corrected chi connectivity index (χ2v) is 5.07. The van der Waals surface area contributed by atoms with Gasteiger partial charge in [0.2, 0.25) is 0 Å². The smallest absolute Gasteiger partial charge is 0.309 e. The van der Waals surface area contributed by atoms with Crippen LogP contribution in [-0.4, -0.2) is 37.1 Å². The molecule has 0 N–H and O–H groups in total. The standard InChI is InChI=1S/C13H27NO2/c1-7-16-13(15)11(4)9-14(6)12(5)8-10(2)3/h10-12H,7-9H2,1-6H3. The Morgan fingerprint density at radius 2 is 1.81 bits per heavy atom. The van der Waals surface area contributed by atoms with Crippen molar-refractivity contribution < 1.29 is 9.53 Å². The van der Waals surface area contributed by atoms with Crippen molar-refractivity contribution in [1.82, 2.24) is 4.90 Å². The lowest BCUT2D eigenvalue weighted by molar-refractivity contribution is -0.148. The number of carbonyl (C=O) groups excluding carboxylic acids is 1. The lowest BCUT2D eigenvalue weighted by Gasteiger charge is -2.28. The van der Waals surface area contributed by atoms with Gasteiger partial charge in [0.05, 0.1) is 12.5 Å². The van der Waals surface area contributed by atoms with E-state index in [0.29, 0.717) is 18.6 Å². The molecule has 0 radical (unpaired) electrons. The van der Waals surface area contributed by atoms with Crippen LogP contribution in [0, 0.1) is 11.8 Å². The fourth-order valence-corrected chi connectivity index (χ4v) is 1.83. The zero-order valence-corrected chi connectivity index (χ0v) is 11.6. The van der Waals surface area contributed by atoms with Crippen LogP contribution in [0.2, 0.25) is 0 Å². The van der Waals surface area contributed by atoms with Gasteiger partial charge in [0.15, 0.2) is 0 Å². The highest BCUT2D eigenvalue weighted by Crippen LogP contribution is 2.11. The van der Waals surface area contributed by atoms with E-state index in [2.05, 4.69) is 32.7 Å². The van der Waals surface area contributed by atoms with Crippen LogP contribution in [0.4, 0.5) is 0 Å². The monoisotopic (exact) mass is 229 g/mol. The second-order valence-electron chi connectivity index (χ2n) is 5.07. The molecule has 2 atom stereocenters. The van der Waals surface area contributed by atoms with Crippen molar-refractivity contribution in [2.24, 2.45) is 11.8 Å². The van der Waals surface area contributed by atoms with Crippen molar-refractivity contribution in [3.8, 4) is 0 Å². The summed E-state index contributed by atoms with van der Waals surface area (Å²) >= 11 is 0. The summed E-state index contributed by atoms with van der Waals surface area (Å²) in [6.07, 6.45) is 1.16. The Morgan fingerprint density at radius 1 is 1.25 bits per heavy atom. The Labute approximate surface area is 100 Å². The normalized spacial score (nSPS) is 15.2. The van der Waals surface area contributed by atoms with Crippen LogP contribution in [-0.2, 0) is 9.53 Å². The van der Waals surface area contributed by atoms with Gasteiger partial charge >= 0.3 is 5.97 Å². The molecule has 3 nitrogen and oxygen atoms in total. The molecular weight excluding hydrogens is 202 g/mol. The maximum Gasteiger partial charge on any atom is 0.309 e. The van der Waals surface area contributed by atoms with Crippen molar-refractivity contribution in [1.29, 1.82) is 0 Å². The van der Waals surface area contributed by atoms with Crippen molar-refractivity contribution in [3.05, 3.63) is 0 Å². The summed E-state index contributed by atoms with van der Waals surface area (Å²) in [4.78, 5) is 13.7. The van der Waals surface area contributed by atoms with E-state index in [-0.39, 0.29) is 11.9 Å². The molecule has 96 valence electrons. The van der Waals surface area contributed by atoms with Crippen molar-refractivity contribution in [3.63, 3.8) is 0 Å². The fourth-order valence-electron chi connectivity index (χ4n) is 1.83. The Bertz CT molecular complexity index is 204. The molecule has 0 amide bonds. The summed E-state index contributed by atoms with van der Waals surface area (Å²) in [5.41, 5.74) is 0. The van der Waals surface area contributed by atoms with E-state index >= 15 is 0 Å². The zero-order valence-electron chi connectivity index (χ0n) is 11.6. The Morgan fingerprint density at radius 3 is 2.25 bits per heavy atom. The summed E-state index contributed by atoms with van der Waals surface area (Å²) < 4.78 is 5.00. The molecule has 0 rings (SSSR count). The van der Waals surface area contributed by atoms with Gasteiger partial charge in [0.1, 0.15) is 0 Å². The third-order valence-corrected chi connectivity index (χ3v) is 2.82. The van der Waals surface area contributed by atoms with Gasteiger partial charge in [-0.05, 0) is 33.2 Å². The van der Waals surface area contributed by atoms with Gasteiger partial charge in [0.25, 0.3) is 0 Å². The third kappa shape index (κ3) is 6.11. The molecule has 0 heterocycles. The van der Waals surface area contributed by atoms with Gasteiger partial charge in [-0.25, -0.2) is 0 Å². The molecule has 0 aromatic heterocycles. The molecule has 0 aromatic rings. The van der Waals surface area contributed by atoms with Crippen LogP contribution in [0.15, 0.2) is 0 Å². The van der Waals surface area contributed by atoms with Crippen LogP contribution in [0.1, 0.15) is 41.0 Å². The Balaban J connectivity index is 4.02. The van der Waals surface area contributed by atoms with Crippen molar-refractivity contribution in [2.45, 2.75) is 47.1 Å². The summed E-state index contributed by atoms with van der Waals surface area (Å²) in [5.74, 6) is 0.556. The highest BCUT2D eigenvalue weighted by Gasteiger charge is 2.19. The molecule has 0 saturated carbocycles. The first-order valence-electron chi connectivity index (χ1n) is 6.25. The van der Waals surface area contributed by atoms with Crippen LogP contribution >= 0.6 is 0 Å². The maximum absolute atomic E-state index is 11.5. The summed E-state index contributed by atoms with van der Waals surface area (Å²) in [7, 11) is 2.07. The minimum absolute atomic E-state index is 0.0421. The van der Waals surface area contributed by atoms with Gasteiger partial charge in [-0.3, -0.25) is 4.79 Å². The first-order valence-corrected chi connectivity index (χ1v) is 6.25. The highest BCUT2D eigenvalue weighted by molar-refractivity contribution is 5.72. The predicted octanol–water partition coefficient (Wildman–Crippen LogP) is 2.55. The number of hydrogen-bond donors (Lipinski definition) is 0. The number of carbonyl (C=O) groups is 1. The lowest BCUT2D eigenvalue weighted by Crippen LogP contribution is -2.36. The maximum atomic E-state index is 11.5. The topological polar surface area (TPSA) is 29.5 Å². The van der Waals surface area contributed by atoms with Gasteiger partial charge in [-0.15, -0.1) is 0 Å². The predicted molar refractivity (Wildman–Crippen MR) is 67.3 cm³/mol. The number of rotatable bonds is 7. The van der Waals surface area contributed by atoms with Crippen LogP contribution in [0.3, 0.4) is 0 Å². The van der Waals surface area contributed by atoms with Crippen LogP contribution < -0.4 is 0 Å². The van der Waals surface area contributed by atoms with E-state index in [4.69, 9.17) is 4.74 Å². The summed E-state index contributed by atoms with van der Waals surface area (Å²) in [6.45, 7) is 11.7. The number of ether oxygens (including phenoxy) is 1. The molecule has 0 fully saturated rings. The third-order valence-electron chi connectivity index (χ3n) is 2.82. The first-order chi connectivity index (χ1) is 7.38. The van der Waals surface area contributed by atoms with E-state index in [1.54, 1.807) is 0 Å². The van der Waals surface area contributed by atoms with Crippen LogP contribution in [0.25, 0.3) is 0 Å². The number of nitrogens with zero attached hydrogens (tertiary/aromatic N) is 1. The van der Waals surface area contributed by atoms with Gasteiger partial charge < -0.3 is 9.64 Å². The minimum atomic E-state index is -0.0916. The van der Waals surface area contributed by atoms with E-state index in [9.17, 15) is 4.79 Å². The first kappa shape index (κ1) is 15.4. The second kappa shape index (κ2) is 7.66. The molecule has 0 aliphatic carbocycles. The minimum Gasteiger partial charge on any atom is -0.466 e. The Hall–Kier alpha value is -0.570. The van der Waals surface area contributed by atoms with Gasteiger partial charge in [-0.2, -0.15) is 0 Å². The quantitative estimate of drug-likeness (QED) is 0.628. The molecule has 0 saturated heterocycles. The average molecular weight is 229 g/mol. The molecule has 0 spiro atoms. The number of esters is 1. The van der Waals surface area contributed by atoms with E-state index < -0.39 is 0 Å². The van der Waals surface area contributed by atoms with Crippen molar-refractivity contribution in [2.75, 3.05) is 20.2 Å². The number of hydrogen-bond acceptors (Lipinski definition) is 3. The zero-order chi connectivity index (χ0) is 12.7. The molecule has 0 aromatic carbocycles. The van der Waals surface area contributed by atoms with E-state index in [1.807, 2.05) is 13.8 Å². The van der Waals surface area contributed by atoms with Crippen LogP contribution in [0.5, 0.6) is 0 Å². The molecule has 2 unspecified atom stereocenters. The largest absolute Gasteiger partial charge is 0.466 e. The van der Waals surface area contributed by atoms with Gasteiger partial charge in [0, 0.05) is 12.6 Å². The molecule has 0 aliphatic rings. The SMILES string of the molecule is CCOC(=O)C(C)CN(C)C(C)CC(C)C. The van der Waals surface area contributed by atoms with E-state index in [0.717, 1.165) is 13.0 Å². The molecule has 16 heavy (non-hydrogen) atoms. The van der Waals surface area contributed by atoms with Crippen molar-refractivity contribution >= 4 is 5.97 Å². The average Bonchev–Trinajstić information content (AvgIpc) is 2.16. The Kier molecular flexibility index (Phi) is 7.39. The molecular formula is C13H27NO2. The van der Waals surface area contributed by atoms with Gasteiger partial charge in [-0.1, -0.05) is 20.8 Å². The lowest BCUT2D eigenvalue weighted by atomic mass is 10.0. The molecule has 3 heteroatoms.